The molecule has 3 aromatic carbocycles. The normalized spacial score (nSPS) is 11.9. The maximum Gasteiger partial charge on any atom is 0.247 e. The first-order valence-electron chi connectivity index (χ1n) is 8.81. The Morgan fingerprint density at radius 3 is 2.50 bits per heavy atom. The number of phenols is 1. The van der Waals surface area contributed by atoms with Gasteiger partial charge in [0, 0.05) is 11.1 Å². The molecule has 6 heteroatoms. The molecule has 0 radical (unpaired) electrons. The number of hydrogen-bond donors (Lipinski definition) is 2. The van der Waals surface area contributed by atoms with Gasteiger partial charge in [-0.05, 0) is 42.8 Å². The van der Waals surface area contributed by atoms with E-state index in [-0.39, 0.29) is 11.6 Å². The first kappa shape index (κ1) is 17.7. The average molecular weight is 375 g/mol. The van der Waals surface area contributed by atoms with E-state index in [4.69, 9.17) is 4.42 Å². The van der Waals surface area contributed by atoms with E-state index in [1.165, 1.54) is 6.07 Å². The van der Waals surface area contributed by atoms with E-state index in [1.54, 1.807) is 36.4 Å². The van der Waals surface area contributed by atoms with Crippen molar-refractivity contribution in [3.8, 4) is 17.2 Å². The highest BCUT2D eigenvalue weighted by molar-refractivity contribution is 5.59. The quantitative estimate of drug-likeness (QED) is 0.475. The summed E-state index contributed by atoms with van der Waals surface area (Å²) in [6.07, 6.45) is 0. The van der Waals surface area contributed by atoms with Crippen molar-refractivity contribution >= 4 is 5.69 Å². The summed E-state index contributed by atoms with van der Waals surface area (Å²) in [4.78, 5) is 0. The Kier molecular flexibility index (Phi) is 4.76. The van der Waals surface area contributed by atoms with E-state index in [1.807, 2.05) is 37.3 Å². The number of hydrogen-bond acceptors (Lipinski definition) is 5. The van der Waals surface area contributed by atoms with E-state index in [2.05, 4.69) is 15.5 Å². The number of rotatable bonds is 5. The van der Waals surface area contributed by atoms with Crippen molar-refractivity contribution in [2.24, 2.45) is 0 Å². The molecule has 1 heterocycles. The van der Waals surface area contributed by atoms with Crippen molar-refractivity contribution in [2.75, 3.05) is 5.32 Å². The monoisotopic (exact) mass is 375 g/mol. The number of nitrogens with one attached hydrogen (secondary N) is 1. The SMILES string of the molecule is Cc1ccc(O)c(N[C@@H](c2nnc(-c3ccccc3)o2)c2ccccc2F)c1. The Labute approximate surface area is 161 Å². The molecule has 0 saturated carbocycles. The van der Waals surface area contributed by atoms with Crippen LogP contribution in [-0.4, -0.2) is 15.3 Å². The summed E-state index contributed by atoms with van der Waals surface area (Å²) in [6.45, 7) is 1.91. The van der Waals surface area contributed by atoms with Crippen molar-refractivity contribution in [3.63, 3.8) is 0 Å². The minimum Gasteiger partial charge on any atom is -0.506 e. The van der Waals surface area contributed by atoms with Gasteiger partial charge in [0.05, 0.1) is 5.69 Å². The van der Waals surface area contributed by atoms with Crippen LogP contribution >= 0.6 is 0 Å². The van der Waals surface area contributed by atoms with Gasteiger partial charge in [-0.25, -0.2) is 4.39 Å². The summed E-state index contributed by atoms with van der Waals surface area (Å²) in [5.74, 6) is 0.179. The lowest BCUT2D eigenvalue weighted by Gasteiger charge is -2.18. The maximum atomic E-state index is 14.5. The van der Waals surface area contributed by atoms with Crippen LogP contribution in [0.25, 0.3) is 11.5 Å². The third-order valence-corrected chi connectivity index (χ3v) is 4.38. The van der Waals surface area contributed by atoms with Crippen molar-refractivity contribution in [1.82, 2.24) is 10.2 Å². The fourth-order valence-electron chi connectivity index (χ4n) is 2.95. The molecule has 1 aromatic heterocycles. The van der Waals surface area contributed by atoms with Gasteiger partial charge in [0.15, 0.2) is 0 Å². The number of phenolic OH excluding ortho intramolecular Hbond substituents is 1. The average Bonchev–Trinajstić information content (AvgIpc) is 3.20. The van der Waals surface area contributed by atoms with E-state index in [0.717, 1.165) is 11.1 Å². The second-order valence-electron chi connectivity index (χ2n) is 6.43. The van der Waals surface area contributed by atoms with Crippen molar-refractivity contribution < 1.29 is 13.9 Å². The van der Waals surface area contributed by atoms with Gasteiger partial charge in [0.1, 0.15) is 17.6 Å². The molecule has 140 valence electrons. The first-order chi connectivity index (χ1) is 13.6. The Balaban J connectivity index is 1.77. The number of nitrogens with zero attached hydrogens (tertiary/aromatic N) is 2. The summed E-state index contributed by atoms with van der Waals surface area (Å²) < 4.78 is 20.4. The molecular weight excluding hydrogens is 357 g/mol. The molecule has 1 atom stereocenters. The zero-order chi connectivity index (χ0) is 19.5. The fourth-order valence-corrected chi connectivity index (χ4v) is 2.95. The number of aromatic nitrogens is 2. The van der Waals surface area contributed by atoms with Crippen LogP contribution in [0.4, 0.5) is 10.1 Å². The maximum absolute atomic E-state index is 14.5. The molecule has 0 aliphatic carbocycles. The molecule has 28 heavy (non-hydrogen) atoms. The molecule has 0 unspecified atom stereocenters. The molecule has 4 aromatic rings. The molecule has 0 amide bonds. The largest absolute Gasteiger partial charge is 0.506 e. The predicted octanol–water partition coefficient (Wildman–Crippen LogP) is 5.09. The van der Waals surface area contributed by atoms with E-state index in [0.29, 0.717) is 17.1 Å². The fraction of sp³-hybridized carbons (Fsp3) is 0.0909. The molecule has 0 spiro atoms. The molecule has 0 fully saturated rings. The third kappa shape index (κ3) is 3.57. The minimum atomic E-state index is -0.765. The van der Waals surface area contributed by atoms with Crippen LogP contribution in [0.2, 0.25) is 0 Å². The van der Waals surface area contributed by atoms with E-state index >= 15 is 0 Å². The highest BCUT2D eigenvalue weighted by atomic mass is 19.1. The zero-order valence-electron chi connectivity index (χ0n) is 15.1. The van der Waals surface area contributed by atoms with Gasteiger partial charge in [-0.1, -0.05) is 42.5 Å². The van der Waals surface area contributed by atoms with Gasteiger partial charge in [0.25, 0.3) is 0 Å². The number of aromatic hydroxyl groups is 1. The summed E-state index contributed by atoms with van der Waals surface area (Å²) in [5, 5.41) is 21.6. The highest BCUT2D eigenvalue weighted by Gasteiger charge is 2.25. The van der Waals surface area contributed by atoms with Gasteiger partial charge in [0.2, 0.25) is 11.8 Å². The number of aryl methyl sites for hydroxylation is 1. The first-order valence-corrected chi connectivity index (χ1v) is 8.81. The third-order valence-electron chi connectivity index (χ3n) is 4.38. The second-order valence-corrected chi connectivity index (χ2v) is 6.43. The lowest BCUT2D eigenvalue weighted by molar-refractivity contribution is 0.470. The topological polar surface area (TPSA) is 71.2 Å². The molecular formula is C22H18FN3O2. The Bertz CT molecular complexity index is 1100. The van der Waals surface area contributed by atoms with E-state index in [9.17, 15) is 9.50 Å². The Morgan fingerprint density at radius 1 is 0.964 bits per heavy atom. The lowest BCUT2D eigenvalue weighted by Crippen LogP contribution is -2.14. The summed E-state index contributed by atoms with van der Waals surface area (Å²) in [6, 6.07) is 20.1. The minimum absolute atomic E-state index is 0.0507. The highest BCUT2D eigenvalue weighted by Crippen LogP contribution is 2.33. The van der Waals surface area contributed by atoms with Gasteiger partial charge >= 0.3 is 0 Å². The summed E-state index contributed by atoms with van der Waals surface area (Å²) in [5.41, 5.74) is 2.51. The predicted molar refractivity (Wildman–Crippen MR) is 104 cm³/mol. The molecule has 0 saturated heterocycles. The van der Waals surface area contributed by atoms with Gasteiger partial charge in [-0.2, -0.15) is 0 Å². The summed E-state index contributed by atoms with van der Waals surface area (Å²) >= 11 is 0. The molecule has 0 aliphatic heterocycles. The van der Waals surface area contributed by atoms with Gasteiger partial charge < -0.3 is 14.8 Å². The van der Waals surface area contributed by atoms with Crippen LogP contribution < -0.4 is 5.32 Å². The van der Waals surface area contributed by atoms with Crippen LogP contribution in [0, 0.1) is 12.7 Å². The lowest BCUT2D eigenvalue weighted by atomic mass is 10.1. The molecule has 5 nitrogen and oxygen atoms in total. The van der Waals surface area contributed by atoms with Crippen molar-refractivity contribution in [2.45, 2.75) is 13.0 Å². The number of anilines is 1. The van der Waals surface area contributed by atoms with Crippen LogP contribution in [0.15, 0.2) is 77.2 Å². The molecule has 0 aliphatic rings. The summed E-state index contributed by atoms with van der Waals surface area (Å²) in [7, 11) is 0. The standard InChI is InChI=1S/C22H18FN3O2/c1-14-11-12-19(27)18(13-14)24-20(16-9-5-6-10-17(16)23)22-26-25-21(28-22)15-7-3-2-4-8-15/h2-13,20,24,27H,1H3/t20-/m1/s1. The molecule has 2 N–H and O–H groups in total. The van der Waals surface area contributed by atoms with E-state index < -0.39 is 11.9 Å². The Morgan fingerprint density at radius 2 is 1.71 bits per heavy atom. The van der Waals surface area contributed by atoms with Gasteiger partial charge in [-0.15, -0.1) is 10.2 Å². The zero-order valence-corrected chi connectivity index (χ0v) is 15.1. The van der Waals surface area contributed by atoms with Gasteiger partial charge in [-0.3, -0.25) is 0 Å². The van der Waals surface area contributed by atoms with Crippen LogP contribution in [0.5, 0.6) is 5.75 Å². The smallest absolute Gasteiger partial charge is 0.247 e. The van der Waals surface area contributed by atoms with Crippen molar-refractivity contribution in [1.29, 1.82) is 0 Å². The van der Waals surface area contributed by atoms with Crippen molar-refractivity contribution in [3.05, 3.63) is 95.6 Å². The van der Waals surface area contributed by atoms with Crippen LogP contribution in [-0.2, 0) is 0 Å². The number of halogens is 1. The van der Waals surface area contributed by atoms with Crippen LogP contribution in [0.3, 0.4) is 0 Å². The van der Waals surface area contributed by atoms with Crippen LogP contribution in [0.1, 0.15) is 23.1 Å². The Hall–Kier alpha value is -3.67. The second kappa shape index (κ2) is 7.52. The number of benzene rings is 3. The molecule has 4 rings (SSSR count). The molecule has 0 bridgehead atoms.